The molecule has 2 fully saturated rings. The number of hydrogen-bond donors (Lipinski definition) is 2. The zero-order chi connectivity index (χ0) is 25.1. The van der Waals surface area contributed by atoms with Crippen LogP contribution in [-0.4, -0.2) is 69.8 Å². The largest absolute Gasteiger partial charge is 0.462 e. The molecule has 9 nitrogen and oxygen atoms in total. The second kappa shape index (κ2) is 8.46. The summed E-state index contributed by atoms with van der Waals surface area (Å²) in [5.74, 6) is -2.55. The molecule has 2 heterocycles. The minimum atomic E-state index is -1.60. The Morgan fingerprint density at radius 3 is 2.59 bits per heavy atom. The van der Waals surface area contributed by atoms with Crippen LogP contribution in [0.4, 0.5) is 0 Å². The highest BCUT2D eigenvalue weighted by molar-refractivity contribution is 5.84. The molecule has 0 aromatic rings. The number of hydrogen-bond acceptors (Lipinski definition) is 9. The molecule has 4 aliphatic rings. The van der Waals surface area contributed by atoms with E-state index in [0.29, 0.717) is 19.3 Å². The van der Waals surface area contributed by atoms with Crippen LogP contribution in [0.15, 0.2) is 23.8 Å². The van der Waals surface area contributed by atoms with Crippen LogP contribution in [0.5, 0.6) is 0 Å². The Bertz CT molecular complexity index is 937. The van der Waals surface area contributed by atoms with Gasteiger partial charge in [-0.05, 0) is 45.3 Å². The molecule has 0 bridgehead atoms. The Kier molecular flexibility index (Phi) is 6.19. The molecule has 188 valence electrons. The van der Waals surface area contributed by atoms with Crippen LogP contribution in [0.25, 0.3) is 0 Å². The smallest absolute Gasteiger partial charge is 0.339 e. The maximum atomic E-state index is 12.7. The van der Waals surface area contributed by atoms with Gasteiger partial charge in [-0.15, -0.1) is 0 Å². The number of aliphatic hydroxyl groups is 2. The molecular formula is C25H34O9. The lowest BCUT2D eigenvalue weighted by Gasteiger charge is -2.55. The molecule has 1 spiro atoms. The van der Waals surface area contributed by atoms with Gasteiger partial charge in [0.2, 0.25) is 0 Å². The molecular weight excluding hydrogens is 444 g/mol. The van der Waals surface area contributed by atoms with Gasteiger partial charge in [0.05, 0.1) is 17.1 Å². The molecule has 2 aliphatic heterocycles. The van der Waals surface area contributed by atoms with Gasteiger partial charge in [-0.1, -0.05) is 25.5 Å². The van der Waals surface area contributed by atoms with Crippen molar-refractivity contribution in [2.45, 2.75) is 102 Å². The highest BCUT2D eigenvalue weighted by Crippen LogP contribution is 2.59. The number of fused-ring (bicyclic) bond motifs is 1. The van der Waals surface area contributed by atoms with Gasteiger partial charge in [0.15, 0.2) is 17.8 Å². The SMILES string of the molecule is CCCC(=O)O[C@H]1CC/C(C)=C\[C@@H]2OC(=O)[C@@H]3O[C@]23[C@@H](O)C2[C@]1(C)[C@@H](OC(C)=O)C=C[C@@]2(C)O. The minimum Gasteiger partial charge on any atom is -0.462 e. The third kappa shape index (κ3) is 3.78. The summed E-state index contributed by atoms with van der Waals surface area (Å²) in [6, 6.07) is 0. The van der Waals surface area contributed by atoms with E-state index in [-0.39, 0.29) is 6.42 Å². The van der Waals surface area contributed by atoms with Crippen LogP contribution in [-0.2, 0) is 33.3 Å². The van der Waals surface area contributed by atoms with Crippen molar-refractivity contribution in [2.24, 2.45) is 11.3 Å². The molecule has 2 saturated heterocycles. The summed E-state index contributed by atoms with van der Waals surface area (Å²) < 4.78 is 22.9. The number of epoxide rings is 1. The van der Waals surface area contributed by atoms with E-state index in [2.05, 4.69) is 0 Å². The number of allylic oxidation sites excluding steroid dienone is 1. The van der Waals surface area contributed by atoms with E-state index in [0.717, 1.165) is 5.57 Å². The number of carbonyl (C=O) groups is 3. The van der Waals surface area contributed by atoms with Crippen molar-refractivity contribution < 1.29 is 43.5 Å². The average molecular weight is 479 g/mol. The first-order valence-electron chi connectivity index (χ1n) is 11.9. The first-order chi connectivity index (χ1) is 15.9. The molecule has 9 heteroatoms. The van der Waals surface area contributed by atoms with Crippen LogP contribution in [0.3, 0.4) is 0 Å². The Morgan fingerprint density at radius 2 is 1.97 bits per heavy atom. The number of ether oxygens (including phenoxy) is 4. The zero-order valence-electron chi connectivity index (χ0n) is 20.3. The maximum absolute atomic E-state index is 12.7. The van der Waals surface area contributed by atoms with E-state index in [1.165, 1.54) is 19.9 Å². The third-order valence-corrected chi connectivity index (χ3v) is 7.83. The summed E-state index contributed by atoms with van der Waals surface area (Å²) in [4.78, 5) is 37.1. The van der Waals surface area contributed by atoms with E-state index >= 15 is 0 Å². The van der Waals surface area contributed by atoms with Crippen LogP contribution in [0.1, 0.15) is 60.3 Å². The molecule has 1 unspecified atom stereocenters. The quantitative estimate of drug-likeness (QED) is 0.268. The Morgan fingerprint density at radius 1 is 1.26 bits per heavy atom. The first kappa shape index (κ1) is 24.9. The van der Waals surface area contributed by atoms with Gasteiger partial charge in [-0.3, -0.25) is 9.59 Å². The summed E-state index contributed by atoms with van der Waals surface area (Å²) in [7, 11) is 0. The lowest BCUT2D eigenvalue weighted by Crippen LogP contribution is -2.66. The van der Waals surface area contributed by atoms with E-state index in [4.69, 9.17) is 18.9 Å². The topological polar surface area (TPSA) is 132 Å². The Balaban J connectivity index is 1.88. The lowest BCUT2D eigenvalue weighted by molar-refractivity contribution is -0.213. The van der Waals surface area contributed by atoms with Crippen molar-refractivity contribution in [3.05, 3.63) is 23.8 Å². The molecule has 0 radical (unpaired) electrons. The second-order valence-corrected chi connectivity index (χ2v) is 10.4. The minimum absolute atomic E-state index is 0.207. The van der Waals surface area contributed by atoms with Gasteiger partial charge >= 0.3 is 17.9 Å². The predicted molar refractivity (Wildman–Crippen MR) is 118 cm³/mol. The van der Waals surface area contributed by atoms with Crippen molar-refractivity contribution in [1.82, 2.24) is 0 Å². The molecule has 9 atom stereocenters. The molecule has 34 heavy (non-hydrogen) atoms. The highest BCUT2D eigenvalue weighted by Gasteiger charge is 2.79. The van der Waals surface area contributed by atoms with E-state index < -0.39 is 71.0 Å². The summed E-state index contributed by atoms with van der Waals surface area (Å²) in [6.07, 6.45) is 1.59. The first-order valence-corrected chi connectivity index (χ1v) is 11.9. The molecule has 4 rings (SSSR count). The van der Waals surface area contributed by atoms with Gasteiger partial charge in [-0.2, -0.15) is 0 Å². The third-order valence-electron chi connectivity index (χ3n) is 7.83. The van der Waals surface area contributed by atoms with Crippen LogP contribution in [0, 0.1) is 11.3 Å². The number of aliphatic hydroxyl groups excluding tert-OH is 1. The molecule has 0 amide bonds. The highest BCUT2D eigenvalue weighted by atomic mass is 16.7. The Hall–Kier alpha value is -2.23. The van der Waals surface area contributed by atoms with E-state index in [1.807, 2.05) is 13.8 Å². The molecule has 0 saturated carbocycles. The lowest BCUT2D eigenvalue weighted by atomic mass is 9.55. The van der Waals surface area contributed by atoms with Crippen LogP contribution in [0.2, 0.25) is 0 Å². The van der Waals surface area contributed by atoms with Gasteiger partial charge in [0.1, 0.15) is 12.2 Å². The second-order valence-electron chi connectivity index (χ2n) is 10.4. The molecule has 0 aromatic heterocycles. The van der Waals surface area contributed by atoms with Gasteiger partial charge in [-0.25, -0.2) is 4.79 Å². The predicted octanol–water partition coefficient (Wildman–Crippen LogP) is 1.74. The monoisotopic (exact) mass is 478 g/mol. The van der Waals surface area contributed by atoms with Gasteiger partial charge < -0.3 is 29.2 Å². The fourth-order valence-electron chi connectivity index (χ4n) is 6.12. The summed E-state index contributed by atoms with van der Waals surface area (Å²) in [6.45, 7) is 8.30. The summed E-state index contributed by atoms with van der Waals surface area (Å²) >= 11 is 0. The maximum Gasteiger partial charge on any atom is 0.339 e. The summed E-state index contributed by atoms with van der Waals surface area (Å²) in [5, 5.41) is 23.4. The van der Waals surface area contributed by atoms with Crippen LogP contribution >= 0.6 is 0 Å². The van der Waals surface area contributed by atoms with Crippen molar-refractivity contribution >= 4 is 17.9 Å². The van der Waals surface area contributed by atoms with E-state index in [1.54, 1.807) is 19.1 Å². The van der Waals surface area contributed by atoms with Crippen molar-refractivity contribution in [3.8, 4) is 0 Å². The van der Waals surface area contributed by atoms with Crippen molar-refractivity contribution in [3.63, 3.8) is 0 Å². The summed E-state index contributed by atoms with van der Waals surface area (Å²) in [5.41, 5.74) is -3.35. The normalized spacial score (nSPS) is 46.7. The van der Waals surface area contributed by atoms with E-state index in [9.17, 15) is 24.6 Å². The van der Waals surface area contributed by atoms with Gasteiger partial charge in [0, 0.05) is 19.3 Å². The fraction of sp³-hybridized carbons (Fsp3) is 0.720. The fourth-order valence-corrected chi connectivity index (χ4v) is 6.12. The van der Waals surface area contributed by atoms with Crippen molar-refractivity contribution in [2.75, 3.05) is 0 Å². The average Bonchev–Trinajstić information content (AvgIpc) is 3.43. The van der Waals surface area contributed by atoms with Crippen molar-refractivity contribution in [1.29, 1.82) is 0 Å². The van der Waals surface area contributed by atoms with Crippen LogP contribution < -0.4 is 0 Å². The number of carbonyl (C=O) groups excluding carboxylic acids is 3. The Labute approximate surface area is 199 Å². The molecule has 2 aliphatic carbocycles. The molecule has 0 aromatic carbocycles. The van der Waals surface area contributed by atoms with Gasteiger partial charge in [0.25, 0.3) is 0 Å². The zero-order valence-corrected chi connectivity index (χ0v) is 20.3. The number of rotatable bonds is 4. The number of esters is 3. The standard InChI is InChI=1S/C25H34O9/c1-6-7-18(27)32-15-9-8-13(2)12-17-25(21(34-25)22(29)33-17)20(28)19-23(4,30)11-10-16(24(15,19)5)31-14(3)26/h10-12,15-17,19-21,28,30H,6-9H2,1-5H3/b13-12-/t15-,16-,17-,19?,20-,21-,23+,24-,25-/m0/s1. The molecule has 2 N–H and O–H groups in total.